The lowest BCUT2D eigenvalue weighted by Crippen LogP contribution is -2.82. The number of ether oxygens (including phenoxy) is 2. The van der Waals surface area contributed by atoms with E-state index >= 15 is 0 Å². The standard InChI is InChI=1S/C31H39NO4S.ClH.H2O/c1-28(34,10-9-21-4-3-15-37-21)23-17-29-11-12-31(23,35-2)27-30(29)13-14-32(18-19-5-6-19)24(29)16-20-7-8-22(33)26(36-27)25(20)30;;/h3-4,7-8,15,19,23-24,27,33-34H,5-6,9-14,16-18H2,1-2H3;1H;1H2/t23?,24-,27-,28-,29-,30+,31-;;/m1../s1. The summed E-state index contributed by atoms with van der Waals surface area (Å²) in [5.41, 5.74) is 1.11. The predicted octanol–water partition coefficient (Wildman–Crippen LogP) is 4.66. The number of aromatic hydroxyl groups is 1. The highest BCUT2D eigenvalue weighted by Crippen LogP contribution is 2.77. The van der Waals surface area contributed by atoms with Crippen LogP contribution in [0.1, 0.15) is 67.9 Å². The molecule has 0 amide bonds. The Morgan fingerprint density at radius 3 is 2.74 bits per heavy atom. The summed E-state index contributed by atoms with van der Waals surface area (Å²) in [5, 5.41) is 25.4. The number of phenolic OH excluding ortho intramolecular Hbond substituents is 1. The second-order valence-electron chi connectivity index (χ2n) is 13.3. The Kier molecular flexibility index (Phi) is 6.47. The van der Waals surface area contributed by atoms with Crippen molar-refractivity contribution in [3.05, 3.63) is 45.6 Å². The van der Waals surface area contributed by atoms with E-state index in [1.165, 1.54) is 35.4 Å². The lowest BCUT2D eigenvalue weighted by Gasteiger charge is -2.75. The first-order valence-corrected chi connectivity index (χ1v) is 15.3. The molecule has 39 heavy (non-hydrogen) atoms. The van der Waals surface area contributed by atoms with Gasteiger partial charge in [0.15, 0.2) is 11.5 Å². The third kappa shape index (κ3) is 3.41. The number of aryl methyl sites for hydroxylation is 1. The highest BCUT2D eigenvalue weighted by molar-refractivity contribution is 7.09. The van der Waals surface area contributed by atoms with Gasteiger partial charge in [-0.2, -0.15) is 0 Å². The molecule has 7 atom stereocenters. The maximum absolute atomic E-state index is 12.3. The number of rotatable bonds is 7. The summed E-state index contributed by atoms with van der Waals surface area (Å²) in [4.78, 5) is 4.16. The maximum Gasteiger partial charge on any atom is 0.165 e. The minimum Gasteiger partial charge on any atom is -0.504 e. The maximum atomic E-state index is 12.3. The lowest BCUT2D eigenvalue weighted by atomic mass is 9.33. The molecule has 2 aromatic rings. The number of nitrogens with zero attached hydrogens (tertiary/aromatic N) is 1. The van der Waals surface area contributed by atoms with Crippen molar-refractivity contribution in [1.29, 1.82) is 0 Å². The average Bonchev–Trinajstić information content (AvgIpc) is 3.40. The first-order valence-electron chi connectivity index (χ1n) is 14.4. The van der Waals surface area contributed by atoms with E-state index in [-0.39, 0.29) is 46.5 Å². The van der Waals surface area contributed by atoms with Crippen LogP contribution in [-0.2, 0) is 23.0 Å². The quantitative estimate of drug-likeness (QED) is 0.501. The van der Waals surface area contributed by atoms with Gasteiger partial charge in [-0.15, -0.1) is 23.7 Å². The van der Waals surface area contributed by atoms with Crippen molar-refractivity contribution in [1.82, 2.24) is 4.90 Å². The van der Waals surface area contributed by atoms with Crippen molar-refractivity contribution >= 4 is 23.7 Å². The van der Waals surface area contributed by atoms with Gasteiger partial charge in [0.05, 0.1) is 5.60 Å². The van der Waals surface area contributed by atoms with Gasteiger partial charge in [0.2, 0.25) is 0 Å². The number of piperidine rings is 1. The fourth-order valence-corrected chi connectivity index (χ4v) is 10.8. The van der Waals surface area contributed by atoms with Crippen molar-refractivity contribution < 1.29 is 25.2 Å². The molecule has 5 aliphatic carbocycles. The third-order valence-electron chi connectivity index (χ3n) is 11.9. The summed E-state index contributed by atoms with van der Waals surface area (Å²) in [6.45, 7) is 4.36. The van der Waals surface area contributed by atoms with E-state index in [0.717, 1.165) is 57.4 Å². The van der Waals surface area contributed by atoms with E-state index in [1.54, 1.807) is 11.3 Å². The zero-order chi connectivity index (χ0) is 25.2. The number of methoxy groups -OCH3 is 1. The molecule has 214 valence electrons. The number of thiophene rings is 1. The molecule has 5 fully saturated rings. The van der Waals surface area contributed by atoms with Gasteiger partial charge in [-0.05, 0) is 100 Å². The number of hydrogen-bond donors (Lipinski definition) is 2. The molecule has 1 unspecified atom stereocenters. The predicted molar refractivity (Wildman–Crippen MR) is 154 cm³/mol. The summed E-state index contributed by atoms with van der Waals surface area (Å²) in [7, 11) is 1.84. The van der Waals surface area contributed by atoms with E-state index in [0.29, 0.717) is 11.8 Å². The van der Waals surface area contributed by atoms with Gasteiger partial charge in [0, 0.05) is 46.9 Å². The number of fused-ring (bicyclic) bond motifs is 2. The summed E-state index contributed by atoms with van der Waals surface area (Å²) in [6, 6.07) is 8.75. The summed E-state index contributed by atoms with van der Waals surface area (Å²) in [6.07, 6.45) is 9.25. The van der Waals surface area contributed by atoms with E-state index in [1.807, 2.05) is 13.2 Å². The van der Waals surface area contributed by atoms with E-state index in [2.05, 4.69) is 35.4 Å². The van der Waals surface area contributed by atoms with Crippen molar-refractivity contribution in [2.45, 2.75) is 93.5 Å². The molecule has 2 aliphatic heterocycles. The number of phenols is 1. The van der Waals surface area contributed by atoms with Crippen LogP contribution in [0.3, 0.4) is 0 Å². The zero-order valence-corrected chi connectivity index (χ0v) is 24.6. The normalized spacial score (nSPS) is 38.7. The molecule has 9 rings (SSSR count). The molecule has 8 heteroatoms. The Bertz CT molecular complexity index is 1250. The Labute approximate surface area is 241 Å². The van der Waals surface area contributed by atoms with Crippen LogP contribution in [-0.4, -0.2) is 64.1 Å². The Balaban J connectivity index is 0.00000138. The number of likely N-dealkylation sites (tertiary alicyclic amines) is 1. The van der Waals surface area contributed by atoms with Gasteiger partial charge < -0.3 is 25.2 Å². The van der Waals surface area contributed by atoms with Crippen molar-refractivity contribution in [3.63, 3.8) is 0 Å². The van der Waals surface area contributed by atoms with E-state index < -0.39 is 11.2 Å². The van der Waals surface area contributed by atoms with Crippen LogP contribution in [0.2, 0.25) is 0 Å². The molecule has 4 bridgehead atoms. The van der Waals surface area contributed by atoms with Gasteiger partial charge in [-0.25, -0.2) is 0 Å². The molecule has 1 saturated heterocycles. The molecule has 2 spiro atoms. The Morgan fingerprint density at radius 1 is 1.21 bits per heavy atom. The highest BCUT2D eigenvalue weighted by Gasteiger charge is 2.81. The van der Waals surface area contributed by atoms with E-state index in [4.69, 9.17) is 9.47 Å². The molecular weight excluding hydrogens is 534 g/mol. The minimum atomic E-state index is -0.870. The first kappa shape index (κ1) is 27.8. The molecule has 6 nitrogen and oxygen atoms in total. The van der Waals surface area contributed by atoms with Crippen molar-refractivity contribution in [2.24, 2.45) is 17.3 Å². The van der Waals surface area contributed by atoms with Gasteiger partial charge >= 0.3 is 0 Å². The second kappa shape index (κ2) is 9.07. The van der Waals surface area contributed by atoms with Gasteiger partial charge in [-0.1, -0.05) is 12.1 Å². The fourth-order valence-electron chi connectivity index (χ4n) is 10.1. The fraction of sp³-hybridized carbons (Fsp3) is 0.677. The van der Waals surface area contributed by atoms with Gasteiger partial charge in [0.25, 0.3) is 0 Å². The summed E-state index contributed by atoms with van der Waals surface area (Å²) < 4.78 is 13.5. The van der Waals surface area contributed by atoms with Crippen LogP contribution in [0.25, 0.3) is 0 Å². The molecular formula is C31H42ClNO5S. The van der Waals surface area contributed by atoms with Gasteiger partial charge in [0.1, 0.15) is 11.7 Å². The molecule has 4 saturated carbocycles. The van der Waals surface area contributed by atoms with Crippen LogP contribution in [0.5, 0.6) is 11.5 Å². The van der Waals surface area contributed by atoms with Crippen LogP contribution < -0.4 is 4.74 Å². The van der Waals surface area contributed by atoms with Crippen LogP contribution in [0, 0.1) is 17.3 Å². The Hall–Kier alpha value is -1.35. The molecule has 1 aromatic heterocycles. The summed E-state index contributed by atoms with van der Waals surface area (Å²) >= 11 is 1.77. The molecule has 4 N–H and O–H groups in total. The third-order valence-corrected chi connectivity index (χ3v) is 12.8. The number of benzene rings is 1. The zero-order valence-electron chi connectivity index (χ0n) is 22.9. The lowest BCUT2D eigenvalue weighted by molar-refractivity contribution is -0.302. The molecule has 1 aromatic carbocycles. The van der Waals surface area contributed by atoms with E-state index in [9.17, 15) is 10.2 Å². The van der Waals surface area contributed by atoms with Gasteiger partial charge in [-0.3, -0.25) is 4.90 Å². The Morgan fingerprint density at radius 2 is 2.03 bits per heavy atom. The van der Waals surface area contributed by atoms with Crippen LogP contribution in [0.15, 0.2) is 29.6 Å². The number of aliphatic hydroxyl groups is 1. The highest BCUT2D eigenvalue weighted by atomic mass is 35.5. The minimum absolute atomic E-state index is 0. The SMILES string of the molecule is CO[C@]12CC[C@@]3(CC1[C@](C)(O)CCc1cccs1)[C@H]1Cc4ccc(O)c5c4[C@@]3(CCN1CC1CC1)[C@H]2O5.Cl.O. The van der Waals surface area contributed by atoms with Crippen LogP contribution in [0.4, 0.5) is 0 Å². The summed E-state index contributed by atoms with van der Waals surface area (Å²) in [5.74, 6) is 1.82. The molecule has 3 heterocycles. The number of hydrogen-bond acceptors (Lipinski definition) is 6. The largest absolute Gasteiger partial charge is 0.504 e. The van der Waals surface area contributed by atoms with Crippen molar-refractivity contribution in [2.75, 3.05) is 20.2 Å². The first-order chi connectivity index (χ1) is 17.8. The monoisotopic (exact) mass is 575 g/mol. The number of halogens is 1. The average molecular weight is 576 g/mol. The molecule has 0 radical (unpaired) electrons. The van der Waals surface area contributed by atoms with Crippen molar-refractivity contribution in [3.8, 4) is 11.5 Å². The molecule has 7 aliphatic rings. The van der Waals surface area contributed by atoms with Crippen LogP contribution >= 0.6 is 23.7 Å². The smallest absolute Gasteiger partial charge is 0.165 e. The second-order valence-corrected chi connectivity index (χ2v) is 14.4. The topological polar surface area (TPSA) is 93.7 Å².